The zero-order valence-corrected chi connectivity index (χ0v) is 17.5. The molecule has 160 valence electrons. The molecule has 1 unspecified atom stereocenters. The average molecular weight is 412 g/mol. The van der Waals surface area contributed by atoms with Crippen molar-refractivity contribution in [3.63, 3.8) is 0 Å². The third kappa shape index (κ3) is 3.99. The summed E-state index contributed by atoms with van der Waals surface area (Å²) < 4.78 is 12.6. The van der Waals surface area contributed by atoms with E-state index in [2.05, 4.69) is 10.4 Å². The molecule has 1 aromatic carbocycles. The van der Waals surface area contributed by atoms with Crippen molar-refractivity contribution in [3.05, 3.63) is 30.5 Å². The van der Waals surface area contributed by atoms with E-state index in [1.54, 1.807) is 43.5 Å². The van der Waals surface area contributed by atoms with Crippen molar-refractivity contribution in [2.45, 2.75) is 44.6 Å². The number of hydrogen-bond acceptors (Lipinski definition) is 5. The van der Waals surface area contributed by atoms with Gasteiger partial charge in [0, 0.05) is 25.1 Å². The molecule has 2 fully saturated rings. The van der Waals surface area contributed by atoms with Crippen molar-refractivity contribution >= 4 is 23.3 Å². The van der Waals surface area contributed by atoms with Gasteiger partial charge in [-0.1, -0.05) is 19.3 Å². The zero-order valence-electron chi connectivity index (χ0n) is 17.5. The quantitative estimate of drug-likeness (QED) is 0.786. The molecule has 1 N–H and O–H groups in total. The van der Waals surface area contributed by atoms with Crippen LogP contribution >= 0.6 is 0 Å². The van der Waals surface area contributed by atoms with Crippen molar-refractivity contribution in [2.75, 3.05) is 31.0 Å². The average Bonchev–Trinajstić information content (AvgIpc) is 3.40. The fourth-order valence-corrected chi connectivity index (χ4v) is 4.38. The molecule has 30 heavy (non-hydrogen) atoms. The molecule has 8 heteroatoms. The fourth-order valence-electron chi connectivity index (χ4n) is 4.38. The minimum atomic E-state index is -0.442. The Morgan fingerprint density at radius 3 is 2.67 bits per heavy atom. The smallest absolute Gasteiger partial charge is 0.230 e. The molecule has 2 heterocycles. The van der Waals surface area contributed by atoms with E-state index in [0.717, 1.165) is 12.8 Å². The number of methoxy groups -OCH3 is 2. The maximum Gasteiger partial charge on any atom is 0.230 e. The second-order valence-corrected chi connectivity index (χ2v) is 7.89. The van der Waals surface area contributed by atoms with Crippen LogP contribution < -0.4 is 19.7 Å². The molecule has 1 aliphatic carbocycles. The van der Waals surface area contributed by atoms with Crippen molar-refractivity contribution in [1.29, 1.82) is 0 Å². The van der Waals surface area contributed by atoms with E-state index in [-0.39, 0.29) is 18.2 Å². The Morgan fingerprint density at radius 1 is 1.13 bits per heavy atom. The molecular formula is C22H28N4O4. The van der Waals surface area contributed by atoms with Crippen LogP contribution in [-0.4, -0.2) is 42.4 Å². The van der Waals surface area contributed by atoms with Crippen molar-refractivity contribution in [3.8, 4) is 11.5 Å². The summed E-state index contributed by atoms with van der Waals surface area (Å²) in [6.07, 6.45) is 7.67. The number of rotatable bonds is 6. The second kappa shape index (κ2) is 8.77. The van der Waals surface area contributed by atoms with Gasteiger partial charge in [0.05, 0.1) is 38.1 Å². The van der Waals surface area contributed by atoms with Crippen LogP contribution in [0.4, 0.5) is 11.5 Å². The van der Waals surface area contributed by atoms with Gasteiger partial charge in [-0.2, -0.15) is 5.10 Å². The second-order valence-electron chi connectivity index (χ2n) is 7.89. The first-order valence-electron chi connectivity index (χ1n) is 10.5. The summed E-state index contributed by atoms with van der Waals surface area (Å²) in [6, 6.07) is 7.45. The Morgan fingerprint density at radius 2 is 1.93 bits per heavy atom. The summed E-state index contributed by atoms with van der Waals surface area (Å²) in [6.45, 7) is 0.297. The summed E-state index contributed by atoms with van der Waals surface area (Å²) >= 11 is 0. The highest BCUT2D eigenvalue weighted by Gasteiger charge is 2.37. The normalized spacial score (nSPS) is 19.7. The molecule has 2 aliphatic rings. The third-order valence-corrected chi connectivity index (χ3v) is 6.01. The van der Waals surface area contributed by atoms with Gasteiger partial charge in [-0.15, -0.1) is 0 Å². The maximum absolute atomic E-state index is 13.0. The predicted molar refractivity (Wildman–Crippen MR) is 113 cm³/mol. The summed E-state index contributed by atoms with van der Waals surface area (Å²) in [7, 11) is 3.13. The molecule has 1 atom stereocenters. The lowest BCUT2D eigenvalue weighted by Crippen LogP contribution is -2.29. The number of nitrogens with one attached hydrogen (secondary N) is 1. The van der Waals surface area contributed by atoms with Gasteiger partial charge in [0.25, 0.3) is 0 Å². The zero-order chi connectivity index (χ0) is 21.1. The monoisotopic (exact) mass is 412 g/mol. The summed E-state index contributed by atoms with van der Waals surface area (Å²) in [5.41, 5.74) is 0.615. The van der Waals surface area contributed by atoms with Crippen LogP contribution in [0.15, 0.2) is 30.5 Å². The number of aromatic nitrogens is 2. The first kappa shape index (κ1) is 20.3. The molecule has 0 bridgehead atoms. The van der Waals surface area contributed by atoms with Crippen LogP contribution in [0.25, 0.3) is 0 Å². The Hall–Kier alpha value is -3.03. The number of nitrogens with zero attached hydrogens (tertiary/aromatic N) is 3. The topological polar surface area (TPSA) is 85.7 Å². The molecule has 8 nitrogen and oxygen atoms in total. The molecule has 2 amide bonds. The van der Waals surface area contributed by atoms with E-state index in [9.17, 15) is 9.59 Å². The Bertz CT molecular complexity index is 920. The predicted octanol–water partition coefficient (Wildman–Crippen LogP) is 3.40. The lowest BCUT2D eigenvalue weighted by Gasteiger charge is -2.24. The van der Waals surface area contributed by atoms with Crippen LogP contribution in [0.5, 0.6) is 11.5 Å². The van der Waals surface area contributed by atoms with Crippen LogP contribution in [0.2, 0.25) is 0 Å². The van der Waals surface area contributed by atoms with Crippen LogP contribution in [0.1, 0.15) is 44.6 Å². The minimum absolute atomic E-state index is 0.109. The molecule has 1 saturated carbocycles. The van der Waals surface area contributed by atoms with Gasteiger partial charge in [-0.25, -0.2) is 4.68 Å². The summed E-state index contributed by atoms with van der Waals surface area (Å²) in [4.78, 5) is 27.3. The van der Waals surface area contributed by atoms with Gasteiger partial charge in [-0.3, -0.25) is 9.59 Å². The Balaban J connectivity index is 1.47. The number of anilines is 2. The number of amides is 2. The minimum Gasteiger partial charge on any atom is -0.497 e. The van der Waals surface area contributed by atoms with Crippen molar-refractivity contribution in [1.82, 2.24) is 9.78 Å². The molecule has 1 saturated heterocycles. The van der Waals surface area contributed by atoms with E-state index in [1.165, 1.54) is 19.3 Å². The number of carbonyl (C=O) groups is 2. The Kier molecular flexibility index (Phi) is 5.92. The number of benzene rings is 1. The van der Waals surface area contributed by atoms with Gasteiger partial charge in [0.15, 0.2) is 0 Å². The lowest BCUT2D eigenvalue weighted by molar-refractivity contribution is -0.122. The molecular weight excluding hydrogens is 384 g/mol. The first-order chi connectivity index (χ1) is 14.6. The highest BCUT2D eigenvalue weighted by Crippen LogP contribution is 2.36. The van der Waals surface area contributed by atoms with E-state index < -0.39 is 5.92 Å². The number of hydrogen-bond donors (Lipinski definition) is 1. The van der Waals surface area contributed by atoms with Crippen LogP contribution in [0.3, 0.4) is 0 Å². The van der Waals surface area contributed by atoms with Gasteiger partial charge >= 0.3 is 0 Å². The molecule has 1 aliphatic heterocycles. The highest BCUT2D eigenvalue weighted by atomic mass is 16.5. The van der Waals surface area contributed by atoms with E-state index in [4.69, 9.17) is 9.47 Å². The first-order valence-corrected chi connectivity index (χ1v) is 10.5. The van der Waals surface area contributed by atoms with Gasteiger partial charge in [0.2, 0.25) is 11.8 Å². The van der Waals surface area contributed by atoms with Gasteiger partial charge < -0.3 is 19.7 Å². The van der Waals surface area contributed by atoms with E-state index >= 15 is 0 Å². The number of carbonyl (C=O) groups excluding carboxylic acids is 2. The molecule has 2 aromatic rings. The van der Waals surface area contributed by atoms with Crippen LogP contribution in [0, 0.1) is 5.92 Å². The Labute approximate surface area is 176 Å². The molecule has 0 radical (unpaired) electrons. The molecule has 0 spiro atoms. The van der Waals surface area contributed by atoms with E-state index in [0.29, 0.717) is 35.6 Å². The van der Waals surface area contributed by atoms with Crippen molar-refractivity contribution < 1.29 is 19.1 Å². The summed E-state index contributed by atoms with van der Waals surface area (Å²) in [5, 5.41) is 7.43. The van der Waals surface area contributed by atoms with E-state index in [1.807, 2.05) is 10.7 Å². The summed E-state index contributed by atoms with van der Waals surface area (Å²) in [5.74, 6) is 1.19. The standard InChI is InChI=1S/C22H28N4O4/c1-29-17-8-9-19(30-2)18(13-17)25-14-15(12-21(25)27)22(28)24-20-10-11-23-26(20)16-6-4-3-5-7-16/h8-11,13,15-16H,3-7,12,14H2,1-2H3,(H,24,28). The van der Waals surface area contributed by atoms with Gasteiger partial charge in [0.1, 0.15) is 17.3 Å². The largest absolute Gasteiger partial charge is 0.497 e. The van der Waals surface area contributed by atoms with Crippen molar-refractivity contribution in [2.24, 2.45) is 5.92 Å². The van der Waals surface area contributed by atoms with Crippen LogP contribution in [-0.2, 0) is 9.59 Å². The SMILES string of the molecule is COc1ccc(OC)c(N2CC(C(=O)Nc3ccnn3C3CCCCC3)CC2=O)c1. The fraction of sp³-hybridized carbons (Fsp3) is 0.500. The lowest BCUT2D eigenvalue weighted by atomic mass is 9.96. The molecule has 4 rings (SSSR count). The van der Waals surface area contributed by atoms with Gasteiger partial charge in [-0.05, 0) is 25.0 Å². The highest BCUT2D eigenvalue weighted by molar-refractivity contribution is 6.04. The number of ether oxygens (including phenoxy) is 2. The molecule has 1 aromatic heterocycles. The third-order valence-electron chi connectivity index (χ3n) is 6.01. The maximum atomic E-state index is 13.0.